The van der Waals surface area contributed by atoms with Crippen LogP contribution in [-0.4, -0.2) is 43.3 Å². The lowest BCUT2D eigenvalue weighted by molar-refractivity contribution is 0.116. The highest BCUT2D eigenvalue weighted by Crippen LogP contribution is 2.23. The summed E-state index contributed by atoms with van der Waals surface area (Å²) in [5, 5.41) is 18.3. The van der Waals surface area contributed by atoms with Gasteiger partial charge in [0.25, 0.3) is 5.89 Å². The number of halogens is 2. The SMILES string of the molecule is FC(F)c1nnc(-c2ccc(Cn3cc(C4CNC4)nn3)nc2)o1. The maximum Gasteiger partial charge on any atom is 0.314 e. The number of pyridine rings is 1. The lowest BCUT2D eigenvalue weighted by Crippen LogP contribution is -2.40. The molecule has 10 heteroatoms. The molecule has 4 heterocycles. The summed E-state index contributed by atoms with van der Waals surface area (Å²) in [6, 6.07) is 3.45. The number of rotatable bonds is 5. The Morgan fingerprint density at radius 2 is 2.12 bits per heavy atom. The summed E-state index contributed by atoms with van der Waals surface area (Å²) >= 11 is 0. The number of hydrogen-bond acceptors (Lipinski definition) is 7. The van der Waals surface area contributed by atoms with Crippen LogP contribution < -0.4 is 5.32 Å². The van der Waals surface area contributed by atoms with Gasteiger partial charge < -0.3 is 9.73 Å². The van der Waals surface area contributed by atoms with Crippen molar-refractivity contribution in [2.24, 2.45) is 0 Å². The van der Waals surface area contributed by atoms with Crippen molar-refractivity contribution in [3.05, 3.63) is 41.8 Å². The molecule has 4 rings (SSSR count). The van der Waals surface area contributed by atoms with E-state index >= 15 is 0 Å². The maximum atomic E-state index is 12.5. The van der Waals surface area contributed by atoms with Crippen LogP contribution >= 0.6 is 0 Å². The molecule has 8 nitrogen and oxygen atoms in total. The minimum atomic E-state index is -2.79. The number of nitrogens with one attached hydrogen (secondary N) is 1. The molecule has 0 spiro atoms. The Labute approximate surface area is 134 Å². The molecular weight excluding hydrogens is 320 g/mol. The van der Waals surface area contributed by atoms with Crippen LogP contribution in [0.15, 0.2) is 28.9 Å². The number of nitrogens with zero attached hydrogens (tertiary/aromatic N) is 6. The monoisotopic (exact) mass is 333 g/mol. The fraction of sp³-hybridized carbons (Fsp3) is 0.357. The van der Waals surface area contributed by atoms with E-state index in [1.165, 1.54) is 6.20 Å². The Hall–Kier alpha value is -2.75. The van der Waals surface area contributed by atoms with Crippen molar-refractivity contribution in [2.45, 2.75) is 18.9 Å². The van der Waals surface area contributed by atoms with E-state index < -0.39 is 12.3 Å². The molecule has 0 amide bonds. The maximum absolute atomic E-state index is 12.5. The molecule has 0 aromatic carbocycles. The Morgan fingerprint density at radius 3 is 2.75 bits per heavy atom. The van der Waals surface area contributed by atoms with Gasteiger partial charge in [0.1, 0.15) is 0 Å². The van der Waals surface area contributed by atoms with E-state index in [0.717, 1.165) is 24.5 Å². The third kappa shape index (κ3) is 2.87. The van der Waals surface area contributed by atoms with Crippen molar-refractivity contribution in [1.29, 1.82) is 0 Å². The van der Waals surface area contributed by atoms with E-state index in [4.69, 9.17) is 4.42 Å². The standard InChI is InChI=1S/C14H13F2N7O/c15-12(16)14-21-20-13(24-14)8-1-2-10(18-5-8)6-23-7-11(19-22-23)9-3-17-4-9/h1-2,5,7,9,12,17H,3-4,6H2. The molecule has 3 aromatic rings. The van der Waals surface area contributed by atoms with E-state index in [2.05, 4.69) is 30.8 Å². The highest BCUT2D eigenvalue weighted by Gasteiger charge is 2.22. The minimum Gasteiger partial charge on any atom is -0.415 e. The fourth-order valence-electron chi connectivity index (χ4n) is 2.33. The second-order valence-electron chi connectivity index (χ2n) is 5.48. The topological polar surface area (TPSA) is 94.6 Å². The normalized spacial score (nSPS) is 15.0. The Morgan fingerprint density at radius 1 is 1.25 bits per heavy atom. The predicted octanol–water partition coefficient (Wildman–Crippen LogP) is 1.40. The summed E-state index contributed by atoms with van der Waals surface area (Å²) < 4.78 is 31.5. The highest BCUT2D eigenvalue weighted by molar-refractivity contribution is 5.50. The van der Waals surface area contributed by atoms with E-state index in [9.17, 15) is 8.78 Å². The summed E-state index contributed by atoms with van der Waals surface area (Å²) in [4.78, 5) is 4.28. The molecule has 1 N–H and O–H groups in total. The van der Waals surface area contributed by atoms with E-state index in [-0.39, 0.29) is 5.89 Å². The number of aromatic nitrogens is 6. The van der Waals surface area contributed by atoms with Crippen molar-refractivity contribution in [1.82, 2.24) is 35.5 Å². The van der Waals surface area contributed by atoms with Gasteiger partial charge in [0.2, 0.25) is 5.89 Å². The van der Waals surface area contributed by atoms with Gasteiger partial charge in [-0.1, -0.05) is 5.21 Å². The molecule has 1 aliphatic rings. The quantitative estimate of drug-likeness (QED) is 0.754. The van der Waals surface area contributed by atoms with E-state index in [1.807, 2.05) is 6.20 Å². The molecule has 0 bridgehead atoms. The van der Waals surface area contributed by atoms with Gasteiger partial charge in [-0.05, 0) is 12.1 Å². The first-order valence-electron chi connectivity index (χ1n) is 7.36. The lowest BCUT2D eigenvalue weighted by Gasteiger charge is -2.24. The van der Waals surface area contributed by atoms with Gasteiger partial charge in [0, 0.05) is 31.4 Å². The third-order valence-electron chi connectivity index (χ3n) is 3.78. The molecule has 0 atom stereocenters. The van der Waals surface area contributed by atoms with Gasteiger partial charge in [0.05, 0.1) is 23.5 Å². The van der Waals surface area contributed by atoms with Gasteiger partial charge in [0.15, 0.2) is 0 Å². The van der Waals surface area contributed by atoms with Gasteiger partial charge in [-0.25, -0.2) is 4.68 Å². The summed E-state index contributed by atoms with van der Waals surface area (Å²) in [7, 11) is 0. The average Bonchev–Trinajstić information content (AvgIpc) is 3.16. The lowest BCUT2D eigenvalue weighted by atomic mass is 10.0. The zero-order valence-corrected chi connectivity index (χ0v) is 12.4. The molecular formula is C14H13F2N7O. The van der Waals surface area contributed by atoms with Crippen LogP contribution in [0.2, 0.25) is 0 Å². The minimum absolute atomic E-state index is 0.0184. The zero-order chi connectivity index (χ0) is 16.5. The van der Waals surface area contributed by atoms with E-state index in [0.29, 0.717) is 18.0 Å². The molecule has 0 saturated carbocycles. The van der Waals surface area contributed by atoms with Crippen LogP contribution in [0.3, 0.4) is 0 Å². The zero-order valence-electron chi connectivity index (χ0n) is 12.4. The first-order valence-corrected chi connectivity index (χ1v) is 7.36. The first-order chi connectivity index (χ1) is 11.7. The Kier molecular flexibility index (Phi) is 3.73. The van der Waals surface area contributed by atoms with Gasteiger partial charge >= 0.3 is 6.43 Å². The predicted molar refractivity (Wildman–Crippen MR) is 77.2 cm³/mol. The molecule has 1 aliphatic heterocycles. The number of hydrogen-bond donors (Lipinski definition) is 1. The van der Waals surface area contributed by atoms with Gasteiger partial charge in [-0.3, -0.25) is 4.98 Å². The smallest absolute Gasteiger partial charge is 0.314 e. The summed E-state index contributed by atoms with van der Waals surface area (Å²) in [5.74, 6) is -0.254. The summed E-state index contributed by atoms with van der Waals surface area (Å²) in [6.07, 6.45) is 0.630. The van der Waals surface area contributed by atoms with Gasteiger partial charge in [-0.15, -0.1) is 15.3 Å². The molecule has 0 aliphatic carbocycles. The molecule has 3 aromatic heterocycles. The van der Waals surface area contributed by atoms with Gasteiger partial charge in [-0.2, -0.15) is 8.78 Å². The van der Waals surface area contributed by atoms with Crippen molar-refractivity contribution in [3.8, 4) is 11.5 Å². The second kappa shape index (κ2) is 6.04. The molecule has 1 fully saturated rings. The summed E-state index contributed by atoms with van der Waals surface area (Å²) in [6.45, 7) is 2.33. The third-order valence-corrected chi connectivity index (χ3v) is 3.78. The molecule has 1 saturated heterocycles. The summed E-state index contributed by atoms with van der Waals surface area (Å²) in [5.41, 5.74) is 2.21. The highest BCUT2D eigenvalue weighted by atomic mass is 19.3. The van der Waals surface area contributed by atoms with Crippen molar-refractivity contribution < 1.29 is 13.2 Å². The molecule has 0 unspecified atom stereocenters. The van der Waals surface area contributed by atoms with Crippen LogP contribution in [0.1, 0.15) is 29.6 Å². The van der Waals surface area contributed by atoms with Crippen LogP contribution in [0.25, 0.3) is 11.5 Å². The van der Waals surface area contributed by atoms with E-state index in [1.54, 1.807) is 16.8 Å². The Balaban J connectivity index is 1.46. The van der Waals surface area contributed by atoms with Crippen molar-refractivity contribution in [2.75, 3.05) is 13.1 Å². The molecule has 0 radical (unpaired) electrons. The van der Waals surface area contributed by atoms with Crippen LogP contribution in [0, 0.1) is 0 Å². The average molecular weight is 333 g/mol. The van der Waals surface area contributed by atoms with Crippen LogP contribution in [0.5, 0.6) is 0 Å². The van der Waals surface area contributed by atoms with Crippen molar-refractivity contribution >= 4 is 0 Å². The number of alkyl halides is 2. The second-order valence-corrected chi connectivity index (χ2v) is 5.48. The van der Waals surface area contributed by atoms with Crippen LogP contribution in [-0.2, 0) is 6.54 Å². The molecule has 24 heavy (non-hydrogen) atoms. The largest absolute Gasteiger partial charge is 0.415 e. The molecule has 124 valence electrons. The van der Waals surface area contributed by atoms with Crippen LogP contribution in [0.4, 0.5) is 8.78 Å². The Bertz CT molecular complexity index is 826. The fourth-order valence-corrected chi connectivity index (χ4v) is 2.33. The first kappa shape index (κ1) is 14.8. The van der Waals surface area contributed by atoms with Crippen molar-refractivity contribution in [3.63, 3.8) is 0 Å².